The maximum Gasteiger partial charge on any atom is 0.124 e. The number of benzene rings is 1. The molecule has 17 heavy (non-hydrogen) atoms. The molecule has 0 aliphatic rings. The minimum atomic E-state index is -1.20. The second-order valence-electron chi connectivity index (χ2n) is 3.47. The van der Waals surface area contributed by atoms with Gasteiger partial charge in [0.15, 0.2) is 0 Å². The number of hydrogen-bond acceptors (Lipinski definition) is 3. The summed E-state index contributed by atoms with van der Waals surface area (Å²) < 4.78 is 34.8. The Balaban J connectivity index is 2.21. The Morgan fingerprint density at radius 3 is 2.82 bits per heavy atom. The number of halogens is 1. The minimum absolute atomic E-state index is 0.364. The van der Waals surface area contributed by atoms with Crippen LogP contribution in [0, 0.1) is 5.82 Å². The van der Waals surface area contributed by atoms with Gasteiger partial charge in [0.05, 0.1) is 23.2 Å². The van der Waals surface area contributed by atoms with Gasteiger partial charge >= 0.3 is 0 Å². The summed E-state index contributed by atoms with van der Waals surface area (Å²) in [6.45, 7) is 1.66. The van der Waals surface area contributed by atoms with E-state index < -0.39 is 10.8 Å². The molecule has 0 amide bonds. The molecule has 1 unspecified atom stereocenters. The summed E-state index contributed by atoms with van der Waals surface area (Å²) in [7, 11) is 0.441. The van der Waals surface area contributed by atoms with Gasteiger partial charge in [-0.05, 0) is 24.6 Å². The zero-order valence-corrected chi connectivity index (χ0v) is 10.7. The molecular formula is C12H17FO3S. The molecule has 0 heterocycles. The molecule has 0 radical (unpaired) electrons. The van der Waals surface area contributed by atoms with E-state index in [-0.39, 0.29) is 5.82 Å². The van der Waals surface area contributed by atoms with Crippen LogP contribution in [-0.2, 0) is 20.3 Å². The average Bonchev–Trinajstić information content (AvgIpc) is 2.33. The Hall–Kier alpha value is -0.780. The van der Waals surface area contributed by atoms with E-state index in [1.807, 2.05) is 0 Å². The predicted molar refractivity (Wildman–Crippen MR) is 65.0 cm³/mol. The molecule has 0 spiro atoms. The highest BCUT2D eigenvalue weighted by Crippen LogP contribution is 2.08. The van der Waals surface area contributed by atoms with Crippen LogP contribution in [-0.4, -0.2) is 36.9 Å². The number of methoxy groups -OCH3 is 1. The normalized spacial score (nSPS) is 12.6. The standard InChI is InChI=1S/C12H17FO3S/c1-15-6-3-7-16-8-9-17(14)12-5-2-4-11(13)10-12/h2,4-5,10H,3,6-9H2,1H3. The van der Waals surface area contributed by atoms with Gasteiger partial charge < -0.3 is 9.47 Å². The summed E-state index contributed by atoms with van der Waals surface area (Å²) in [5, 5.41) is 0. The molecule has 1 aromatic carbocycles. The zero-order chi connectivity index (χ0) is 12.5. The molecule has 0 aliphatic carbocycles. The van der Waals surface area contributed by atoms with Crippen LogP contribution in [0.4, 0.5) is 4.39 Å². The van der Waals surface area contributed by atoms with Gasteiger partial charge in [0, 0.05) is 25.2 Å². The first-order valence-electron chi connectivity index (χ1n) is 5.44. The molecule has 0 fully saturated rings. The molecule has 0 bridgehead atoms. The van der Waals surface area contributed by atoms with E-state index in [9.17, 15) is 8.60 Å². The monoisotopic (exact) mass is 260 g/mol. The Bertz CT molecular complexity index is 357. The number of hydrogen-bond donors (Lipinski definition) is 0. The van der Waals surface area contributed by atoms with Crippen LogP contribution in [0.3, 0.4) is 0 Å². The van der Waals surface area contributed by atoms with Crippen LogP contribution < -0.4 is 0 Å². The van der Waals surface area contributed by atoms with Crippen LogP contribution in [0.1, 0.15) is 6.42 Å². The molecule has 96 valence electrons. The van der Waals surface area contributed by atoms with E-state index in [1.165, 1.54) is 12.1 Å². The molecule has 5 heteroatoms. The van der Waals surface area contributed by atoms with Crippen LogP contribution in [0.15, 0.2) is 29.2 Å². The van der Waals surface area contributed by atoms with Gasteiger partial charge in [-0.1, -0.05) is 6.07 Å². The lowest BCUT2D eigenvalue weighted by Crippen LogP contribution is -2.08. The third-order valence-corrected chi connectivity index (χ3v) is 3.43. The van der Waals surface area contributed by atoms with Gasteiger partial charge in [-0.15, -0.1) is 0 Å². The van der Waals surface area contributed by atoms with E-state index >= 15 is 0 Å². The second kappa shape index (κ2) is 8.33. The molecule has 0 N–H and O–H groups in total. The quantitative estimate of drug-likeness (QED) is 0.671. The van der Waals surface area contributed by atoms with Crippen LogP contribution in [0.2, 0.25) is 0 Å². The average molecular weight is 260 g/mol. The van der Waals surface area contributed by atoms with Crippen molar-refractivity contribution in [3.8, 4) is 0 Å². The number of rotatable bonds is 8. The van der Waals surface area contributed by atoms with Gasteiger partial charge in [0.1, 0.15) is 5.82 Å². The smallest absolute Gasteiger partial charge is 0.124 e. The second-order valence-corrected chi connectivity index (χ2v) is 5.04. The molecule has 1 rings (SSSR count). The Labute approximate surface area is 103 Å². The fraction of sp³-hybridized carbons (Fsp3) is 0.500. The molecule has 0 saturated heterocycles. The third-order valence-electron chi connectivity index (χ3n) is 2.11. The summed E-state index contributed by atoms with van der Waals surface area (Å²) in [6, 6.07) is 5.84. The first-order valence-corrected chi connectivity index (χ1v) is 6.76. The van der Waals surface area contributed by atoms with Gasteiger partial charge in [-0.25, -0.2) is 4.39 Å². The Morgan fingerprint density at radius 2 is 2.12 bits per heavy atom. The van der Waals surface area contributed by atoms with Crippen molar-refractivity contribution >= 4 is 10.8 Å². The topological polar surface area (TPSA) is 35.5 Å². The lowest BCUT2D eigenvalue weighted by molar-refractivity contribution is 0.112. The third kappa shape index (κ3) is 5.91. The molecular weight excluding hydrogens is 243 g/mol. The van der Waals surface area contributed by atoms with Crippen molar-refractivity contribution < 1.29 is 18.1 Å². The fourth-order valence-electron chi connectivity index (χ4n) is 1.27. The van der Waals surface area contributed by atoms with E-state index in [4.69, 9.17) is 9.47 Å². The molecule has 0 aromatic heterocycles. The number of ether oxygens (including phenoxy) is 2. The highest BCUT2D eigenvalue weighted by Gasteiger charge is 2.04. The van der Waals surface area contributed by atoms with Gasteiger partial charge in [0.25, 0.3) is 0 Å². The van der Waals surface area contributed by atoms with Crippen LogP contribution in [0.25, 0.3) is 0 Å². The molecule has 0 saturated carbocycles. The first kappa shape index (κ1) is 14.3. The SMILES string of the molecule is COCCCOCCS(=O)c1cccc(F)c1. The van der Waals surface area contributed by atoms with Crippen LogP contribution >= 0.6 is 0 Å². The maximum atomic E-state index is 12.9. The fourth-order valence-corrected chi connectivity index (χ4v) is 2.25. The van der Waals surface area contributed by atoms with E-state index in [1.54, 1.807) is 19.2 Å². The van der Waals surface area contributed by atoms with Crippen molar-refractivity contribution in [2.24, 2.45) is 0 Å². The first-order chi connectivity index (χ1) is 8.24. The highest BCUT2D eigenvalue weighted by atomic mass is 32.2. The molecule has 3 nitrogen and oxygen atoms in total. The zero-order valence-electron chi connectivity index (χ0n) is 9.86. The van der Waals surface area contributed by atoms with E-state index in [2.05, 4.69) is 0 Å². The molecule has 0 aliphatic heterocycles. The van der Waals surface area contributed by atoms with Gasteiger partial charge in [-0.2, -0.15) is 0 Å². The highest BCUT2D eigenvalue weighted by molar-refractivity contribution is 7.85. The van der Waals surface area contributed by atoms with Crippen molar-refractivity contribution in [2.75, 3.05) is 32.7 Å². The van der Waals surface area contributed by atoms with Crippen molar-refractivity contribution in [3.05, 3.63) is 30.1 Å². The van der Waals surface area contributed by atoms with E-state index in [0.29, 0.717) is 30.5 Å². The summed E-state index contributed by atoms with van der Waals surface area (Å²) in [5.41, 5.74) is 0. The van der Waals surface area contributed by atoms with Crippen molar-refractivity contribution in [2.45, 2.75) is 11.3 Å². The summed E-state index contributed by atoms with van der Waals surface area (Å²) in [4.78, 5) is 0.505. The van der Waals surface area contributed by atoms with Crippen molar-refractivity contribution in [1.29, 1.82) is 0 Å². The Kier molecular flexibility index (Phi) is 7.00. The predicted octanol–water partition coefficient (Wildman–Crippen LogP) is 1.99. The largest absolute Gasteiger partial charge is 0.385 e. The van der Waals surface area contributed by atoms with Crippen molar-refractivity contribution in [1.82, 2.24) is 0 Å². The minimum Gasteiger partial charge on any atom is -0.385 e. The van der Waals surface area contributed by atoms with E-state index in [0.717, 1.165) is 6.42 Å². The Morgan fingerprint density at radius 1 is 1.29 bits per heavy atom. The maximum absolute atomic E-state index is 12.9. The van der Waals surface area contributed by atoms with Gasteiger partial charge in [-0.3, -0.25) is 4.21 Å². The molecule has 1 aromatic rings. The summed E-state index contributed by atoms with van der Waals surface area (Å²) in [5.74, 6) is 0.0213. The van der Waals surface area contributed by atoms with Gasteiger partial charge in [0.2, 0.25) is 0 Å². The summed E-state index contributed by atoms with van der Waals surface area (Å²) >= 11 is 0. The molecule has 1 atom stereocenters. The lowest BCUT2D eigenvalue weighted by Gasteiger charge is -2.04. The lowest BCUT2D eigenvalue weighted by atomic mass is 10.4. The van der Waals surface area contributed by atoms with Crippen molar-refractivity contribution in [3.63, 3.8) is 0 Å². The van der Waals surface area contributed by atoms with Crippen LogP contribution in [0.5, 0.6) is 0 Å². The summed E-state index contributed by atoms with van der Waals surface area (Å²) in [6.07, 6.45) is 0.823.